The van der Waals surface area contributed by atoms with Gasteiger partial charge in [0.25, 0.3) is 5.91 Å². The quantitative estimate of drug-likeness (QED) is 0.781. The van der Waals surface area contributed by atoms with Gasteiger partial charge in [-0.05, 0) is 53.0 Å². The molecule has 0 aromatic heterocycles. The van der Waals surface area contributed by atoms with Crippen molar-refractivity contribution in [1.82, 2.24) is 4.90 Å². The largest absolute Gasteiger partial charge is 0.497 e. The molecular weight excluding hydrogens is 308 g/mol. The third-order valence-electron chi connectivity index (χ3n) is 5.41. The third-order valence-corrected chi connectivity index (χ3v) is 5.41. The van der Waals surface area contributed by atoms with Crippen LogP contribution in [0.3, 0.4) is 0 Å². The summed E-state index contributed by atoms with van der Waals surface area (Å²) in [6.07, 6.45) is 3.08. The second-order valence-electron chi connectivity index (χ2n) is 7.65. The second-order valence-corrected chi connectivity index (χ2v) is 7.65. The molecule has 0 aliphatic carbocycles. The van der Waals surface area contributed by atoms with Crippen molar-refractivity contribution in [3.63, 3.8) is 0 Å². The van der Waals surface area contributed by atoms with E-state index >= 15 is 4.39 Å². The minimum Gasteiger partial charge on any atom is -0.399 e. The van der Waals surface area contributed by atoms with Crippen LogP contribution in [0.25, 0.3) is 0 Å². The molecule has 0 spiro atoms. The van der Waals surface area contributed by atoms with Gasteiger partial charge in [-0.3, -0.25) is 4.79 Å². The summed E-state index contributed by atoms with van der Waals surface area (Å²) in [5.41, 5.74) is -0.700. The number of halogens is 1. The second kappa shape index (κ2) is 6.15. The minimum atomic E-state index is -0.802. The van der Waals surface area contributed by atoms with Crippen molar-refractivity contribution >= 4 is 18.5 Å². The Morgan fingerprint density at radius 3 is 2.25 bits per heavy atom. The van der Waals surface area contributed by atoms with Gasteiger partial charge in [0, 0.05) is 18.6 Å². The zero-order valence-electron chi connectivity index (χ0n) is 14.9. The van der Waals surface area contributed by atoms with Gasteiger partial charge in [0.1, 0.15) is 5.82 Å². The Bertz CT molecular complexity index is 625. The van der Waals surface area contributed by atoms with Gasteiger partial charge in [-0.15, -0.1) is 0 Å². The molecule has 2 heterocycles. The highest BCUT2D eigenvalue weighted by atomic mass is 19.1. The van der Waals surface area contributed by atoms with Crippen molar-refractivity contribution in [2.75, 3.05) is 13.1 Å². The molecule has 0 saturated carbocycles. The standard InChI is InChI=1S/C18H25BFNO3/c1-17(2)18(3,4)24-19(23-17)14-10-8-9-13(15(14)20)16(22)21-11-6-5-7-12-21/h8-10H,5-7,11-12H2,1-4H3. The number of carbonyl (C=O) groups is 1. The van der Waals surface area contributed by atoms with Crippen molar-refractivity contribution in [2.24, 2.45) is 0 Å². The topological polar surface area (TPSA) is 38.8 Å². The Labute approximate surface area is 143 Å². The van der Waals surface area contributed by atoms with Crippen LogP contribution in [-0.4, -0.2) is 42.2 Å². The summed E-state index contributed by atoms with van der Waals surface area (Å²) < 4.78 is 26.9. The first-order valence-corrected chi connectivity index (χ1v) is 8.66. The normalized spacial score (nSPS) is 22.7. The van der Waals surface area contributed by atoms with Crippen LogP contribution in [0.2, 0.25) is 0 Å². The average molecular weight is 333 g/mol. The summed E-state index contributed by atoms with van der Waals surface area (Å²) in [7, 11) is -0.802. The SMILES string of the molecule is CC1(C)OB(c2cccc(C(=O)N3CCCCC3)c2F)OC1(C)C. The Morgan fingerprint density at radius 1 is 1.08 bits per heavy atom. The first kappa shape index (κ1) is 17.4. The third kappa shape index (κ3) is 2.97. The van der Waals surface area contributed by atoms with Crippen LogP contribution in [0.1, 0.15) is 57.3 Å². The fourth-order valence-electron chi connectivity index (χ4n) is 3.13. The molecule has 2 fully saturated rings. The molecule has 0 radical (unpaired) electrons. The van der Waals surface area contributed by atoms with Crippen molar-refractivity contribution in [3.05, 3.63) is 29.6 Å². The highest BCUT2D eigenvalue weighted by molar-refractivity contribution is 6.62. The maximum absolute atomic E-state index is 15.0. The fourth-order valence-corrected chi connectivity index (χ4v) is 3.13. The Morgan fingerprint density at radius 2 is 1.67 bits per heavy atom. The van der Waals surface area contributed by atoms with Crippen LogP contribution in [0.5, 0.6) is 0 Å². The van der Waals surface area contributed by atoms with E-state index in [0.29, 0.717) is 13.1 Å². The van der Waals surface area contributed by atoms with E-state index in [0.717, 1.165) is 19.3 Å². The van der Waals surface area contributed by atoms with Crippen molar-refractivity contribution in [1.29, 1.82) is 0 Å². The Balaban J connectivity index is 1.88. The van der Waals surface area contributed by atoms with Gasteiger partial charge in [-0.25, -0.2) is 4.39 Å². The predicted octanol–water partition coefficient (Wildman–Crippen LogP) is 2.75. The highest BCUT2D eigenvalue weighted by Crippen LogP contribution is 2.36. The lowest BCUT2D eigenvalue weighted by Crippen LogP contribution is -2.41. The van der Waals surface area contributed by atoms with E-state index in [2.05, 4.69) is 0 Å². The van der Waals surface area contributed by atoms with E-state index in [4.69, 9.17) is 9.31 Å². The van der Waals surface area contributed by atoms with Crippen LogP contribution in [0.15, 0.2) is 18.2 Å². The Hall–Kier alpha value is -1.40. The number of amides is 1. The van der Waals surface area contributed by atoms with Gasteiger partial charge in [0.15, 0.2) is 0 Å². The van der Waals surface area contributed by atoms with Gasteiger partial charge in [-0.1, -0.05) is 12.1 Å². The summed E-state index contributed by atoms with van der Waals surface area (Å²) in [6, 6.07) is 4.87. The van der Waals surface area contributed by atoms with E-state index in [9.17, 15) is 4.79 Å². The van der Waals surface area contributed by atoms with Crippen LogP contribution in [0.4, 0.5) is 4.39 Å². The van der Waals surface area contributed by atoms with Gasteiger partial charge in [0.05, 0.1) is 16.8 Å². The maximum atomic E-state index is 15.0. The number of nitrogens with zero attached hydrogens (tertiary/aromatic N) is 1. The lowest BCUT2D eigenvalue weighted by molar-refractivity contribution is 0.00578. The molecule has 2 aliphatic heterocycles. The van der Waals surface area contributed by atoms with E-state index in [1.54, 1.807) is 23.1 Å². The number of carbonyl (C=O) groups excluding carboxylic acids is 1. The lowest BCUT2D eigenvalue weighted by Gasteiger charge is -2.32. The summed E-state index contributed by atoms with van der Waals surface area (Å²) in [5, 5.41) is 0. The number of piperidine rings is 1. The lowest BCUT2D eigenvalue weighted by atomic mass is 9.77. The van der Waals surface area contributed by atoms with E-state index in [1.165, 1.54) is 0 Å². The molecule has 4 nitrogen and oxygen atoms in total. The van der Waals surface area contributed by atoms with Gasteiger partial charge >= 0.3 is 7.12 Å². The molecule has 130 valence electrons. The summed E-state index contributed by atoms with van der Waals surface area (Å²) >= 11 is 0. The zero-order chi connectivity index (χ0) is 17.5. The van der Waals surface area contributed by atoms with Gasteiger partial charge in [0.2, 0.25) is 0 Å². The Kier molecular flexibility index (Phi) is 4.47. The number of rotatable bonds is 2. The van der Waals surface area contributed by atoms with Crippen LogP contribution >= 0.6 is 0 Å². The van der Waals surface area contributed by atoms with Crippen molar-refractivity contribution in [3.8, 4) is 0 Å². The molecule has 6 heteroatoms. The van der Waals surface area contributed by atoms with Crippen molar-refractivity contribution in [2.45, 2.75) is 58.2 Å². The molecule has 0 bridgehead atoms. The van der Waals surface area contributed by atoms with Gasteiger partial charge in [-0.2, -0.15) is 0 Å². The summed E-state index contributed by atoms with van der Waals surface area (Å²) in [5.74, 6) is -0.780. The number of likely N-dealkylation sites (tertiary alicyclic amines) is 1. The molecule has 1 aromatic rings. The van der Waals surface area contributed by atoms with Crippen LogP contribution in [0, 0.1) is 5.82 Å². The first-order chi connectivity index (χ1) is 11.2. The van der Waals surface area contributed by atoms with Crippen molar-refractivity contribution < 1.29 is 18.5 Å². The average Bonchev–Trinajstić information content (AvgIpc) is 2.75. The molecule has 0 atom stereocenters. The molecule has 24 heavy (non-hydrogen) atoms. The highest BCUT2D eigenvalue weighted by Gasteiger charge is 2.52. The monoisotopic (exact) mass is 333 g/mol. The fraction of sp³-hybridized carbons (Fsp3) is 0.611. The smallest absolute Gasteiger partial charge is 0.399 e. The number of hydrogen-bond acceptors (Lipinski definition) is 3. The molecule has 0 unspecified atom stereocenters. The molecule has 2 saturated heterocycles. The van der Waals surface area contributed by atoms with Crippen LogP contribution < -0.4 is 5.46 Å². The molecular formula is C18H25BFNO3. The predicted molar refractivity (Wildman–Crippen MR) is 91.9 cm³/mol. The number of benzene rings is 1. The zero-order valence-corrected chi connectivity index (χ0v) is 14.9. The minimum absolute atomic E-state index is 0.101. The first-order valence-electron chi connectivity index (χ1n) is 8.66. The van der Waals surface area contributed by atoms with E-state index in [1.807, 2.05) is 27.7 Å². The molecule has 3 rings (SSSR count). The maximum Gasteiger partial charge on any atom is 0.497 e. The molecule has 1 amide bonds. The van der Waals surface area contributed by atoms with E-state index < -0.39 is 24.1 Å². The van der Waals surface area contributed by atoms with Gasteiger partial charge < -0.3 is 14.2 Å². The number of hydrogen-bond donors (Lipinski definition) is 0. The van der Waals surface area contributed by atoms with E-state index in [-0.39, 0.29) is 16.9 Å². The molecule has 2 aliphatic rings. The molecule has 1 aromatic carbocycles. The summed E-state index contributed by atoms with van der Waals surface area (Å²) in [6.45, 7) is 9.08. The molecule has 0 N–H and O–H groups in total. The van der Waals surface area contributed by atoms with Crippen LogP contribution in [-0.2, 0) is 9.31 Å². The summed E-state index contributed by atoms with van der Waals surface area (Å²) in [4.78, 5) is 14.4.